The van der Waals surface area contributed by atoms with Crippen LogP contribution < -0.4 is 10.6 Å². The SMILES string of the molecule is O=C(NCC1(c2cccc(Br)c2)CCC1)c1ccc(NC(=O)C2CC2)cc1. The van der Waals surface area contributed by atoms with Gasteiger partial charge in [0.2, 0.25) is 5.91 Å². The average molecular weight is 427 g/mol. The van der Waals surface area contributed by atoms with Gasteiger partial charge in [-0.1, -0.05) is 34.5 Å². The lowest BCUT2D eigenvalue weighted by atomic mass is 9.64. The van der Waals surface area contributed by atoms with Crippen LogP contribution in [-0.4, -0.2) is 18.4 Å². The zero-order valence-corrected chi connectivity index (χ0v) is 16.7. The van der Waals surface area contributed by atoms with Crippen molar-refractivity contribution in [2.45, 2.75) is 37.5 Å². The third-order valence-electron chi connectivity index (χ3n) is 5.70. The van der Waals surface area contributed by atoms with Crippen LogP contribution in [0.2, 0.25) is 0 Å². The Morgan fingerprint density at radius 3 is 2.41 bits per heavy atom. The van der Waals surface area contributed by atoms with E-state index in [0.717, 1.165) is 35.8 Å². The zero-order chi connectivity index (χ0) is 18.9. The number of benzene rings is 2. The van der Waals surface area contributed by atoms with Gasteiger partial charge in [-0.3, -0.25) is 9.59 Å². The van der Waals surface area contributed by atoms with E-state index >= 15 is 0 Å². The Balaban J connectivity index is 1.37. The first kappa shape index (κ1) is 18.2. The van der Waals surface area contributed by atoms with Crippen LogP contribution in [0.25, 0.3) is 0 Å². The molecule has 2 aromatic carbocycles. The Morgan fingerprint density at radius 2 is 1.81 bits per heavy atom. The molecule has 27 heavy (non-hydrogen) atoms. The monoisotopic (exact) mass is 426 g/mol. The van der Waals surface area contributed by atoms with E-state index in [-0.39, 0.29) is 23.1 Å². The lowest BCUT2D eigenvalue weighted by Crippen LogP contribution is -2.45. The third kappa shape index (κ3) is 4.08. The van der Waals surface area contributed by atoms with E-state index in [9.17, 15) is 9.59 Å². The summed E-state index contributed by atoms with van der Waals surface area (Å²) in [5, 5.41) is 6.00. The summed E-state index contributed by atoms with van der Waals surface area (Å²) >= 11 is 3.54. The van der Waals surface area contributed by atoms with Gasteiger partial charge in [0.25, 0.3) is 5.91 Å². The Kier molecular flexibility index (Phi) is 5.04. The molecule has 0 aromatic heterocycles. The summed E-state index contributed by atoms with van der Waals surface area (Å²) in [7, 11) is 0. The molecule has 0 spiro atoms. The minimum absolute atomic E-state index is 0.0393. The standard InChI is InChI=1S/C22H23BrN2O2/c23-18-4-1-3-17(13-18)22(11-2-12-22)14-24-20(26)15-7-9-19(10-8-15)25-21(27)16-5-6-16/h1,3-4,7-10,13,16H,2,5-6,11-12,14H2,(H,24,26)(H,25,27). The number of carbonyl (C=O) groups excluding carboxylic acids is 2. The maximum Gasteiger partial charge on any atom is 0.251 e. The van der Waals surface area contributed by atoms with Gasteiger partial charge >= 0.3 is 0 Å². The first-order valence-electron chi connectivity index (χ1n) is 9.51. The summed E-state index contributed by atoms with van der Waals surface area (Å²) in [4.78, 5) is 24.4. The van der Waals surface area contributed by atoms with Crippen molar-refractivity contribution in [1.29, 1.82) is 0 Å². The number of rotatable bonds is 6. The summed E-state index contributed by atoms with van der Waals surface area (Å²) in [6, 6.07) is 15.5. The summed E-state index contributed by atoms with van der Waals surface area (Å²) in [5.74, 6) is 0.175. The molecule has 2 aromatic rings. The molecule has 2 amide bonds. The highest BCUT2D eigenvalue weighted by atomic mass is 79.9. The van der Waals surface area contributed by atoms with Gasteiger partial charge in [0.05, 0.1) is 0 Å². The molecule has 2 N–H and O–H groups in total. The van der Waals surface area contributed by atoms with E-state index in [1.54, 1.807) is 24.3 Å². The Morgan fingerprint density at radius 1 is 1.07 bits per heavy atom. The van der Waals surface area contributed by atoms with E-state index in [4.69, 9.17) is 0 Å². The van der Waals surface area contributed by atoms with Gasteiger partial charge in [-0.05, 0) is 67.6 Å². The van der Waals surface area contributed by atoms with Crippen molar-refractivity contribution in [3.05, 3.63) is 64.1 Å². The highest BCUT2D eigenvalue weighted by molar-refractivity contribution is 9.10. The molecule has 0 heterocycles. The molecule has 2 saturated carbocycles. The van der Waals surface area contributed by atoms with Gasteiger partial charge in [-0.25, -0.2) is 0 Å². The van der Waals surface area contributed by atoms with Crippen LogP contribution in [0.1, 0.15) is 48.0 Å². The normalized spacial score (nSPS) is 17.7. The molecule has 0 bridgehead atoms. The maximum absolute atomic E-state index is 12.6. The second-order valence-corrected chi connectivity index (χ2v) is 8.58. The van der Waals surface area contributed by atoms with Crippen molar-refractivity contribution in [2.24, 2.45) is 5.92 Å². The van der Waals surface area contributed by atoms with Gasteiger partial charge in [0, 0.05) is 33.6 Å². The highest BCUT2D eigenvalue weighted by Gasteiger charge is 2.39. The quantitative estimate of drug-likeness (QED) is 0.705. The summed E-state index contributed by atoms with van der Waals surface area (Å²) in [6.07, 6.45) is 5.33. The lowest BCUT2D eigenvalue weighted by Gasteiger charge is -2.42. The Bertz CT molecular complexity index is 855. The molecule has 2 fully saturated rings. The molecule has 0 unspecified atom stereocenters. The number of hydrogen-bond acceptors (Lipinski definition) is 2. The van der Waals surface area contributed by atoms with Crippen LogP contribution >= 0.6 is 15.9 Å². The number of carbonyl (C=O) groups is 2. The molecule has 2 aliphatic rings. The molecule has 2 aliphatic carbocycles. The van der Waals surface area contributed by atoms with Crippen molar-refractivity contribution in [1.82, 2.24) is 5.32 Å². The van der Waals surface area contributed by atoms with E-state index in [0.29, 0.717) is 12.1 Å². The lowest BCUT2D eigenvalue weighted by molar-refractivity contribution is -0.117. The minimum Gasteiger partial charge on any atom is -0.351 e. The van der Waals surface area contributed by atoms with Crippen molar-refractivity contribution in [3.63, 3.8) is 0 Å². The minimum atomic E-state index is -0.0728. The third-order valence-corrected chi connectivity index (χ3v) is 6.19. The van der Waals surface area contributed by atoms with Crippen molar-refractivity contribution in [2.75, 3.05) is 11.9 Å². The highest BCUT2D eigenvalue weighted by Crippen LogP contribution is 2.43. The Hall–Kier alpha value is -2.14. The van der Waals surface area contributed by atoms with E-state index in [1.165, 1.54) is 12.0 Å². The summed E-state index contributed by atoms with van der Waals surface area (Å²) < 4.78 is 1.07. The number of nitrogens with one attached hydrogen (secondary N) is 2. The molecular formula is C22H23BrN2O2. The number of halogens is 1. The van der Waals surface area contributed by atoms with E-state index in [2.05, 4.69) is 44.8 Å². The maximum atomic E-state index is 12.6. The summed E-state index contributed by atoms with van der Waals surface area (Å²) in [5.41, 5.74) is 2.68. The second kappa shape index (κ2) is 7.47. The van der Waals surface area contributed by atoms with Crippen LogP contribution in [0.3, 0.4) is 0 Å². The first-order chi connectivity index (χ1) is 13.1. The Labute approximate surface area is 167 Å². The predicted octanol–water partition coefficient (Wildman–Crippen LogP) is 4.65. The van der Waals surface area contributed by atoms with E-state index < -0.39 is 0 Å². The van der Waals surface area contributed by atoms with Crippen molar-refractivity contribution in [3.8, 4) is 0 Å². The van der Waals surface area contributed by atoms with E-state index in [1.807, 2.05) is 6.07 Å². The molecule has 0 atom stereocenters. The van der Waals surface area contributed by atoms with Gasteiger partial charge in [0.1, 0.15) is 0 Å². The number of hydrogen-bond donors (Lipinski definition) is 2. The van der Waals surface area contributed by atoms with Crippen LogP contribution in [-0.2, 0) is 10.2 Å². The molecule has 4 rings (SSSR count). The molecule has 0 radical (unpaired) electrons. The number of anilines is 1. The zero-order valence-electron chi connectivity index (χ0n) is 15.1. The molecular weight excluding hydrogens is 404 g/mol. The van der Waals surface area contributed by atoms with Gasteiger partial charge in [-0.15, -0.1) is 0 Å². The largest absolute Gasteiger partial charge is 0.351 e. The van der Waals surface area contributed by atoms with Gasteiger partial charge in [-0.2, -0.15) is 0 Å². The van der Waals surface area contributed by atoms with Crippen molar-refractivity contribution >= 4 is 33.4 Å². The van der Waals surface area contributed by atoms with Crippen LogP contribution in [0.5, 0.6) is 0 Å². The first-order valence-corrected chi connectivity index (χ1v) is 10.3. The fourth-order valence-corrected chi connectivity index (χ4v) is 4.03. The smallest absolute Gasteiger partial charge is 0.251 e. The molecule has 4 nitrogen and oxygen atoms in total. The topological polar surface area (TPSA) is 58.2 Å². The molecule has 0 saturated heterocycles. The molecule has 140 valence electrons. The second-order valence-electron chi connectivity index (χ2n) is 7.67. The van der Waals surface area contributed by atoms with Gasteiger partial charge < -0.3 is 10.6 Å². The molecule has 0 aliphatic heterocycles. The van der Waals surface area contributed by atoms with Crippen molar-refractivity contribution < 1.29 is 9.59 Å². The van der Waals surface area contributed by atoms with Crippen LogP contribution in [0, 0.1) is 5.92 Å². The fraction of sp³-hybridized carbons (Fsp3) is 0.364. The van der Waals surface area contributed by atoms with Crippen LogP contribution in [0.15, 0.2) is 53.0 Å². The average Bonchev–Trinajstić information content (AvgIpc) is 3.46. The predicted molar refractivity (Wildman–Crippen MR) is 110 cm³/mol. The fourth-order valence-electron chi connectivity index (χ4n) is 3.64. The summed E-state index contributed by atoms with van der Waals surface area (Å²) in [6.45, 7) is 0.641. The van der Waals surface area contributed by atoms with Gasteiger partial charge in [0.15, 0.2) is 0 Å². The van der Waals surface area contributed by atoms with Crippen LogP contribution in [0.4, 0.5) is 5.69 Å². The molecule has 5 heteroatoms. The number of amides is 2.